The van der Waals surface area contributed by atoms with Crippen LogP contribution < -0.4 is 4.74 Å². The van der Waals surface area contributed by atoms with Crippen LogP contribution in [0.15, 0.2) is 24.3 Å². The smallest absolute Gasteiger partial charge is 0.124 e. The summed E-state index contributed by atoms with van der Waals surface area (Å²) in [6.45, 7) is 0.342. The normalized spacial score (nSPS) is 24.6. The van der Waals surface area contributed by atoms with Crippen molar-refractivity contribution in [1.29, 1.82) is 5.26 Å². The molecule has 1 unspecified atom stereocenters. The molecule has 0 aliphatic carbocycles. The van der Waals surface area contributed by atoms with Crippen LogP contribution in [-0.2, 0) is 5.41 Å². The number of nitriles is 1. The van der Waals surface area contributed by atoms with E-state index in [9.17, 15) is 5.11 Å². The van der Waals surface area contributed by atoms with Gasteiger partial charge in [0.05, 0.1) is 19.3 Å². The van der Waals surface area contributed by atoms with Gasteiger partial charge in [-0.25, -0.2) is 0 Å². The molecule has 2 rings (SSSR count). The Morgan fingerprint density at radius 2 is 2.29 bits per heavy atom. The highest BCUT2D eigenvalue weighted by atomic mass is 16.5. The summed E-state index contributed by atoms with van der Waals surface area (Å²) in [6.07, 6.45) is 0.553. The molecule has 1 atom stereocenters. The van der Waals surface area contributed by atoms with Crippen LogP contribution in [0.25, 0.3) is 0 Å². The first-order valence-corrected chi connectivity index (χ1v) is 4.57. The molecular weight excluding hydrogens is 178 g/mol. The van der Waals surface area contributed by atoms with Crippen molar-refractivity contribution in [3.8, 4) is 11.8 Å². The van der Waals surface area contributed by atoms with Crippen LogP contribution >= 0.6 is 0 Å². The number of fused-ring (bicyclic) bond motifs is 1. The largest absolute Gasteiger partial charge is 0.493 e. The molecule has 1 N–H and O–H groups in total. The van der Waals surface area contributed by atoms with E-state index in [4.69, 9.17) is 10.00 Å². The first-order valence-electron chi connectivity index (χ1n) is 4.57. The maximum Gasteiger partial charge on any atom is 0.124 e. The molecule has 0 saturated heterocycles. The maximum absolute atomic E-state index is 9.31. The second kappa shape index (κ2) is 3.32. The Morgan fingerprint density at radius 3 is 3.00 bits per heavy atom. The lowest BCUT2D eigenvalue weighted by Crippen LogP contribution is -2.34. The number of aliphatic hydroxyl groups is 1. The first kappa shape index (κ1) is 9.04. The highest BCUT2D eigenvalue weighted by molar-refractivity contribution is 5.45. The van der Waals surface area contributed by atoms with Crippen LogP contribution in [0.1, 0.15) is 12.0 Å². The molecule has 0 radical (unpaired) electrons. The Kier molecular flexibility index (Phi) is 2.14. The second-order valence-electron chi connectivity index (χ2n) is 3.45. The zero-order chi connectivity index (χ0) is 10.0. The lowest BCUT2D eigenvalue weighted by Gasteiger charge is -2.31. The van der Waals surface area contributed by atoms with Crippen molar-refractivity contribution < 1.29 is 9.84 Å². The molecule has 0 saturated carbocycles. The van der Waals surface area contributed by atoms with Gasteiger partial charge in [0.25, 0.3) is 0 Å². The van der Waals surface area contributed by atoms with E-state index in [1.165, 1.54) is 0 Å². The van der Waals surface area contributed by atoms with Crippen LogP contribution in [0, 0.1) is 11.3 Å². The van der Waals surface area contributed by atoms with Gasteiger partial charge in [0.15, 0.2) is 0 Å². The van der Waals surface area contributed by atoms with Gasteiger partial charge in [-0.1, -0.05) is 18.2 Å². The van der Waals surface area contributed by atoms with Gasteiger partial charge >= 0.3 is 0 Å². The van der Waals surface area contributed by atoms with E-state index in [2.05, 4.69) is 6.07 Å². The maximum atomic E-state index is 9.31. The molecule has 1 aliphatic heterocycles. The van der Waals surface area contributed by atoms with E-state index in [0.29, 0.717) is 18.8 Å². The van der Waals surface area contributed by atoms with Gasteiger partial charge in [0, 0.05) is 12.0 Å². The molecule has 14 heavy (non-hydrogen) atoms. The summed E-state index contributed by atoms with van der Waals surface area (Å²) in [6, 6.07) is 9.59. The lowest BCUT2D eigenvalue weighted by atomic mass is 9.78. The van der Waals surface area contributed by atoms with Crippen LogP contribution in [0.2, 0.25) is 0 Å². The number of hydrogen-bond donors (Lipinski definition) is 1. The molecule has 72 valence electrons. The molecule has 1 aromatic carbocycles. The third-order valence-corrected chi connectivity index (χ3v) is 2.67. The van der Waals surface area contributed by atoms with E-state index in [-0.39, 0.29) is 6.61 Å². The van der Waals surface area contributed by atoms with Crippen molar-refractivity contribution in [2.75, 3.05) is 13.2 Å². The van der Waals surface area contributed by atoms with Crippen LogP contribution in [0.3, 0.4) is 0 Å². The van der Waals surface area contributed by atoms with Crippen molar-refractivity contribution >= 4 is 0 Å². The van der Waals surface area contributed by atoms with Gasteiger partial charge in [0.1, 0.15) is 11.2 Å². The molecule has 0 aromatic heterocycles. The minimum Gasteiger partial charge on any atom is -0.493 e. The molecule has 0 amide bonds. The number of ether oxygens (including phenoxy) is 1. The second-order valence-corrected chi connectivity index (χ2v) is 3.45. The highest BCUT2D eigenvalue weighted by Gasteiger charge is 2.37. The number of nitrogens with zero attached hydrogens (tertiary/aromatic N) is 1. The molecule has 0 spiro atoms. The van der Waals surface area contributed by atoms with Crippen molar-refractivity contribution in [3.63, 3.8) is 0 Å². The van der Waals surface area contributed by atoms with Crippen molar-refractivity contribution in [3.05, 3.63) is 29.8 Å². The first-order chi connectivity index (χ1) is 6.82. The number of para-hydroxylation sites is 1. The SMILES string of the molecule is N#CC1(CO)CCOc2ccccc21. The zero-order valence-electron chi connectivity index (χ0n) is 7.73. The molecule has 3 nitrogen and oxygen atoms in total. The number of aliphatic hydroxyl groups excluding tert-OH is 1. The minimum absolute atomic E-state index is 0.149. The predicted molar refractivity (Wildman–Crippen MR) is 50.9 cm³/mol. The van der Waals surface area contributed by atoms with Gasteiger partial charge in [-0.2, -0.15) is 5.26 Å². The standard InChI is InChI=1S/C11H11NO2/c12-7-11(8-13)5-6-14-10-4-2-1-3-9(10)11/h1-4,13H,5-6,8H2. The summed E-state index contributed by atoms with van der Waals surface area (Å²) >= 11 is 0. The summed E-state index contributed by atoms with van der Waals surface area (Å²) in [4.78, 5) is 0. The van der Waals surface area contributed by atoms with Gasteiger partial charge in [-0.05, 0) is 6.07 Å². The highest BCUT2D eigenvalue weighted by Crippen LogP contribution is 2.37. The number of rotatable bonds is 1. The third-order valence-electron chi connectivity index (χ3n) is 2.67. The van der Waals surface area contributed by atoms with Crippen LogP contribution in [0.4, 0.5) is 0 Å². The fraction of sp³-hybridized carbons (Fsp3) is 0.364. The Hall–Kier alpha value is -1.53. The molecule has 0 bridgehead atoms. The average molecular weight is 189 g/mol. The zero-order valence-corrected chi connectivity index (χ0v) is 7.73. The fourth-order valence-electron chi connectivity index (χ4n) is 1.77. The Bertz CT molecular complexity index is 383. The minimum atomic E-state index is -0.769. The molecule has 1 aromatic rings. The summed E-state index contributed by atoms with van der Waals surface area (Å²) < 4.78 is 5.42. The fourth-order valence-corrected chi connectivity index (χ4v) is 1.77. The lowest BCUT2D eigenvalue weighted by molar-refractivity contribution is 0.169. The predicted octanol–water partition coefficient (Wildman–Crippen LogP) is 1.22. The average Bonchev–Trinajstić information content (AvgIpc) is 2.28. The van der Waals surface area contributed by atoms with Gasteiger partial charge in [-0.3, -0.25) is 0 Å². The quantitative estimate of drug-likeness (QED) is 0.722. The van der Waals surface area contributed by atoms with E-state index in [0.717, 1.165) is 5.56 Å². The molecule has 0 fully saturated rings. The van der Waals surface area contributed by atoms with Crippen molar-refractivity contribution in [2.24, 2.45) is 0 Å². The Morgan fingerprint density at radius 1 is 1.50 bits per heavy atom. The monoisotopic (exact) mass is 189 g/mol. The summed E-state index contributed by atoms with van der Waals surface area (Å²) in [5.41, 5.74) is 0.0331. The van der Waals surface area contributed by atoms with Gasteiger partial charge in [0.2, 0.25) is 0 Å². The summed E-state index contributed by atoms with van der Waals surface area (Å²) in [7, 11) is 0. The molecule has 3 heteroatoms. The third kappa shape index (κ3) is 1.16. The summed E-state index contributed by atoms with van der Waals surface area (Å²) in [5.74, 6) is 0.717. The van der Waals surface area contributed by atoms with E-state index >= 15 is 0 Å². The molecule has 1 aliphatic rings. The van der Waals surface area contributed by atoms with E-state index in [1.807, 2.05) is 24.3 Å². The van der Waals surface area contributed by atoms with Crippen LogP contribution in [-0.4, -0.2) is 18.3 Å². The van der Waals surface area contributed by atoms with E-state index in [1.54, 1.807) is 0 Å². The topological polar surface area (TPSA) is 53.2 Å². The van der Waals surface area contributed by atoms with Crippen molar-refractivity contribution in [2.45, 2.75) is 11.8 Å². The molecule has 1 heterocycles. The van der Waals surface area contributed by atoms with Gasteiger partial charge in [-0.15, -0.1) is 0 Å². The number of hydrogen-bond acceptors (Lipinski definition) is 3. The van der Waals surface area contributed by atoms with E-state index < -0.39 is 5.41 Å². The number of benzene rings is 1. The Labute approximate surface area is 82.6 Å². The molecular formula is C11H11NO2. The van der Waals surface area contributed by atoms with Crippen molar-refractivity contribution in [1.82, 2.24) is 0 Å². The Balaban J connectivity index is 2.55. The van der Waals surface area contributed by atoms with Gasteiger partial charge < -0.3 is 9.84 Å². The summed E-state index contributed by atoms with van der Waals surface area (Å²) in [5, 5.41) is 18.4. The van der Waals surface area contributed by atoms with Crippen LogP contribution in [0.5, 0.6) is 5.75 Å².